The van der Waals surface area contributed by atoms with Gasteiger partial charge in [0, 0.05) is 5.41 Å². The molecule has 0 unspecified atom stereocenters. The number of allylic oxidation sites excluding steroid dienone is 1. The van der Waals surface area contributed by atoms with Gasteiger partial charge in [0.05, 0.1) is 30.0 Å². The molecule has 4 rings (SSSR count). The number of hydrogen-bond donors (Lipinski definition) is 5. The van der Waals surface area contributed by atoms with Crippen LogP contribution in [0.3, 0.4) is 0 Å². The van der Waals surface area contributed by atoms with Crippen molar-refractivity contribution in [2.24, 2.45) is 34.0 Å². The Morgan fingerprint density at radius 2 is 1.71 bits per heavy atom. The van der Waals surface area contributed by atoms with Crippen molar-refractivity contribution >= 4 is 0 Å². The van der Waals surface area contributed by atoms with Crippen LogP contribution in [0, 0.1) is 34.0 Å². The quantitative estimate of drug-likeness (QED) is 0.365. The maximum Gasteiger partial charge on any atom is 0.0941 e. The first-order valence-electron chi connectivity index (χ1n) is 13.9. The van der Waals surface area contributed by atoms with E-state index in [0.717, 1.165) is 36.8 Å². The van der Waals surface area contributed by atoms with Crippen molar-refractivity contribution in [2.45, 2.75) is 123 Å². The van der Waals surface area contributed by atoms with Gasteiger partial charge in [0.1, 0.15) is 0 Å². The zero-order valence-corrected chi connectivity index (χ0v) is 23.1. The molecule has 200 valence electrons. The molecule has 4 aliphatic carbocycles. The number of fused-ring (bicyclic) bond motifs is 4. The van der Waals surface area contributed by atoms with E-state index in [9.17, 15) is 25.5 Å². The van der Waals surface area contributed by atoms with E-state index in [1.54, 1.807) is 0 Å². The fourth-order valence-electron chi connectivity index (χ4n) is 9.41. The van der Waals surface area contributed by atoms with Crippen molar-refractivity contribution in [1.29, 1.82) is 0 Å². The van der Waals surface area contributed by atoms with E-state index in [-0.39, 0.29) is 23.9 Å². The molecular weight excluding hydrogens is 440 g/mol. The molecule has 0 heterocycles. The lowest BCUT2D eigenvalue weighted by atomic mass is 9.41. The molecule has 3 saturated carbocycles. The molecule has 0 aromatic heterocycles. The van der Waals surface area contributed by atoms with Crippen LogP contribution in [0.4, 0.5) is 0 Å². The van der Waals surface area contributed by atoms with Gasteiger partial charge in [-0.15, -0.1) is 0 Å². The molecule has 0 amide bonds. The molecule has 5 N–H and O–H groups in total. The summed E-state index contributed by atoms with van der Waals surface area (Å²) in [6, 6.07) is 0. The first-order chi connectivity index (χ1) is 16.1. The Bertz CT molecular complexity index is 902. The summed E-state index contributed by atoms with van der Waals surface area (Å²) in [6.07, 6.45) is 6.63. The predicted octanol–water partition coefficient (Wildman–Crippen LogP) is 4.51. The molecule has 5 nitrogen and oxygen atoms in total. The van der Waals surface area contributed by atoms with Crippen molar-refractivity contribution < 1.29 is 25.5 Å². The standard InChI is InChI=1S/C30H50O5/c1-18(17-31)9-8-10-19(2)20-16-29(7,34)25-24-21(32)15-22-26(3,4)23(33)11-12-28(22,6)30(24,35)14-13-27(20,25)5/h9,19-23,31-35H,8,10-17H2,1-7H3/b18-9+/t19-,20-,21-,22+,23+,27-,28+,29-,30-/m1/s1. The van der Waals surface area contributed by atoms with E-state index < -0.39 is 34.2 Å². The van der Waals surface area contributed by atoms with Crippen LogP contribution in [0.25, 0.3) is 0 Å². The second-order valence-electron chi connectivity index (χ2n) is 14.0. The van der Waals surface area contributed by atoms with Gasteiger partial charge in [0.25, 0.3) is 0 Å². The molecule has 0 aromatic carbocycles. The summed E-state index contributed by atoms with van der Waals surface area (Å²) in [5, 5.41) is 56.2. The second kappa shape index (κ2) is 8.66. The van der Waals surface area contributed by atoms with Gasteiger partial charge in [-0.2, -0.15) is 0 Å². The van der Waals surface area contributed by atoms with Crippen LogP contribution in [0.2, 0.25) is 0 Å². The van der Waals surface area contributed by atoms with Gasteiger partial charge in [-0.25, -0.2) is 0 Å². The van der Waals surface area contributed by atoms with E-state index in [1.807, 2.05) is 13.8 Å². The third-order valence-electron chi connectivity index (χ3n) is 11.5. The molecule has 9 atom stereocenters. The lowest BCUT2D eigenvalue weighted by Crippen LogP contribution is -2.67. The smallest absolute Gasteiger partial charge is 0.0941 e. The highest BCUT2D eigenvalue weighted by molar-refractivity contribution is 5.47. The van der Waals surface area contributed by atoms with Crippen LogP contribution in [-0.4, -0.2) is 55.5 Å². The number of hydrogen-bond acceptors (Lipinski definition) is 5. The lowest BCUT2D eigenvalue weighted by molar-refractivity contribution is -0.210. The van der Waals surface area contributed by atoms with E-state index in [0.29, 0.717) is 37.2 Å². The van der Waals surface area contributed by atoms with Crippen LogP contribution in [0.5, 0.6) is 0 Å². The highest BCUT2D eigenvalue weighted by atomic mass is 16.3. The van der Waals surface area contributed by atoms with Gasteiger partial charge in [-0.05, 0) is 105 Å². The van der Waals surface area contributed by atoms with Crippen molar-refractivity contribution in [3.05, 3.63) is 22.8 Å². The van der Waals surface area contributed by atoms with Crippen molar-refractivity contribution in [1.82, 2.24) is 0 Å². The van der Waals surface area contributed by atoms with E-state index in [1.165, 1.54) is 0 Å². The molecule has 0 aromatic rings. The minimum Gasteiger partial charge on any atom is -0.393 e. The number of aliphatic hydroxyl groups excluding tert-OH is 3. The molecule has 4 aliphatic rings. The molecule has 0 saturated heterocycles. The Hall–Kier alpha value is -0.720. The Morgan fingerprint density at radius 3 is 2.34 bits per heavy atom. The molecule has 5 heteroatoms. The average Bonchev–Trinajstić information content (AvgIpc) is 2.99. The molecule has 0 spiro atoms. The third kappa shape index (κ3) is 3.82. The Kier molecular flexibility index (Phi) is 6.76. The van der Waals surface area contributed by atoms with Crippen molar-refractivity contribution in [3.63, 3.8) is 0 Å². The molecule has 35 heavy (non-hydrogen) atoms. The third-order valence-corrected chi connectivity index (χ3v) is 11.5. The van der Waals surface area contributed by atoms with E-state index in [2.05, 4.69) is 40.7 Å². The Labute approximate surface area is 212 Å². The zero-order chi connectivity index (χ0) is 26.2. The summed E-state index contributed by atoms with van der Waals surface area (Å²) in [5.74, 6) is 0.621. The van der Waals surface area contributed by atoms with Gasteiger partial charge < -0.3 is 25.5 Å². The van der Waals surface area contributed by atoms with Crippen molar-refractivity contribution in [3.8, 4) is 0 Å². The number of rotatable bonds is 5. The molecule has 0 aliphatic heterocycles. The van der Waals surface area contributed by atoms with E-state index >= 15 is 0 Å². The second-order valence-corrected chi connectivity index (χ2v) is 14.0. The minimum atomic E-state index is -1.18. The summed E-state index contributed by atoms with van der Waals surface area (Å²) in [6.45, 7) is 14.8. The van der Waals surface area contributed by atoms with Gasteiger partial charge in [0.15, 0.2) is 0 Å². The first-order valence-corrected chi connectivity index (χ1v) is 13.9. The Morgan fingerprint density at radius 1 is 1.06 bits per heavy atom. The summed E-state index contributed by atoms with van der Waals surface area (Å²) in [5.41, 5.74) is -0.773. The fraction of sp³-hybridized carbons (Fsp3) is 0.867. The SMILES string of the molecule is C/C(=C\CC[C@@H](C)[C@H]1C[C@@](C)(O)C2=C3[C@H](O)C[C@H]4C(C)(C)[C@@H](O)CC[C@]4(C)[C@@]3(O)CC[C@@]21C)CO. The molecular formula is C30H50O5. The number of aliphatic hydroxyl groups is 5. The van der Waals surface area contributed by atoms with Crippen LogP contribution in [-0.2, 0) is 0 Å². The maximum atomic E-state index is 12.5. The normalized spacial score (nSPS) is 48.3. The van der Waals surface area contributed by atoms with Crippen LogP contribution >= 0.6 is 0 Å². The van der Waals surface area contributed by atoms with E-state index in [4.69, 9.17) is 0 Å². The molecule has 0 bridgehead atoms. The van der Waals surface area contributed by atoms with Crippen molar-refractivity contribution in [2.75, 3.05) is 6.61 Å². The van der Waals surface area contributed by atoms with Gasteiger partial charge in [0.2, 0.25) is 0 Å². The highest BCUT2D eigenvalue weighted by Crippen LogP contribution is 2.70. The van der Waals surface area contributed by atoms with Gasteiger partial charge in [-0.1, -0.05) is 46.3 Å². The highest BCUT2D eigenvalue weighted by Gasteiger charge is 2.70. The predicted molar refractivity (Wildman–Crippen MR) is 139 cm³/mol. The van der Waals surface area contributed by atoms with Crippen LogP contribution < -0.4 is 0 Å². The Balaban J connectivity index is 1.77. The summed E-state index contributed by atoms with van der Waals surface area (Å²) >= 11 is 0. The van der Waals surface area contributed by atoms with Crippen LogP contribution in [0.1, 0.15) is 99.8 Å². The summed E-state index contributed by atoms with van der Waals surface area (Å²) in [7, 11) is 0. The lowest BCUT2D eigenvalue weighted by Gasteiger charge is -2.66. The average molecular weight is 491 g/mol. The minimum absolute atomic E-state index is 0.00456. The molecule has 0 radical (unpaired) electrons. The largest absolute Gasteiger partial charge is 0.393 e. The topological polar surface area (TPSA) is 101 Å². The monoisotopic (exact) mass is 490 g/mol. The maximum absolute atomic E-state index is 12.5. The molecule has 3 fully saturated rings. The van der Waals surface area contributed by atoms with Gasteiger partial charge >= 0.3 is 0 Å². The first kappa shape index (κ1) is 27.3. The zero-order valence-electron chi connectivity index (χ0n) is 23.1. The fourth-order valence-corrected chi connectivity index (χ4v) is 9.41. The van der Waals surface area contributed by atoms with Crippen LogP contribution in [0.15, 0.2) is 22.8 Å². The summed E-state index contributed by atoms with van der Waals surface area (Å²) in [4.78, 5) is 0. The van der Waals surface area contributed by atoms with Gasteiger partial charge in [-0.3, -0.25) is 0 Å². The summed E-state index contributed by atoms with van der Waals surface area (Å²) < 4.78 is 0.